The molecule has 0 saturated heterocycles. The number of benzene rings is 1. The zero-order valence-electron chi connectivity index (χ0n) is 12.5. The molecule has 0 spiro atoms. The average Bonchev–Trinajstić information content (AvgIpc) is 2.47. The highest BCUT2D eigenvalue weighted by Crippen LogP contribution is 2.31. The molecule has 2 unspecified atom stereocenters. The lowest BCUT2D eigenvalue weighted by Gasteiger charge is -2.36. The molecule has 0 aliphatic carbocycles. The second kappa shape index (κ2) is 6.95. The third kappa shape index (κ3) is 3.30. The summed E-state index contributed by atoms with van der Waals surface area (Å²) in [5.41, 5.74) is 1.37. The van der Waals surface area contributed by atoms with E-state index in [1.165, 1.54) is 18.4 Å². The lowest BCUT2D eigenvalue weighted by Crippen LogP contribution is -2.46. The highest BCUT2D eigenvalue weighted by molar-refractivity contribution is 5.35. The standard InChI is InChI=1S/C17H27NO/c1-4-13(5-2)17(18-6-3)15-11-14-9-7-8-10-16(14)19-12-15/h7-10,13,15,17-18H,4-6,11-12H2,1-3H3. The van der Waals surface area contributed by atoms with Gasteiger partial charge in [-0.05, 0) is 30.5 Å². The van der Waals surface area contributed by atoms with Crippen LogP contribution in [0.15, 0.2) is 24.3 Å². The number of rotatable bonds is 6. The minimum atomic E-state index is 0.577. The fourth-order valence-corrected chi connectivity index (χ4v) is 3.33. The van der Waals surface area contributed by atoms with Crippen LogP contribution in [0.2, 0.25) is 0 Å². The Balaban J connectivity index is 2.11. The van der Waals surface area contributed by atoms with Crippen molar-refractivity contribution in [1.82, 2.24) is 5.32 Å². The Hall–Kier alpha value is -1.02. The second-order valence-electron chi connectivity index (χ2n) is 5.54. The van der Waals surface area contributed by atoms with Crippen molar-refractivity contribution in [2.45, 2.75) is 46.1 Å². The normalized spacial score (nSPS) is 19.9. The van der Waals surface area contributed by atoms with Gasteiger partial charge in [-0.15, -0.1) is 0 Å². The number of para-hydroxylation sites is 1. The van der Waals surface area contributed by atoms with E-state index in [0.717, 1.165) is 31.2 Å². The first-order chi connectivity index (χ1) is 9.30. The van der Waals surface area contributed by atoms with Crippen molar-refractivity contribution < 1.29 is 4.74 Å². The zero-order valence-corrected chi connectivity index (χ0v) is 12.5. The molecule has 0 fully saturated rings. The third-order valence-electron chi connectivity index (χ3n) is 4.41. The third-order valence-corrected chi connectivity index (χ3v) is 4.41. The van der Waals surface area contributed by atoms with E-state index in [9.17, 15) is 0 Å². The van der Waals surface area contributed by atoms with E-state index < -0.39 is 0 Å². The van der Waals surface area contributed by atoms with Gasteiger partial charge in [0.05, 0.1) is 6.61 Å². The number of hydrogen-bond acceptors (Lipinski definition) is 2. The van der Waals surface area contributed by atoms with Crippen LogP contribution in [-0.4, -0.2) is 19.2 Å². The van der Waals surface area contributed by atoms with Gasteiger partial charge in [0.1, 0.15) is 5.75 Å². The van der Waals surface area contributed by atoms with Crippen LogP contribution in [0.1, 0.15) is 39.2 Å². The summed E-state index contributed by atoms with van der Waals surface area (Å²) in [5.74, 6) is 2.43. The molecule has 1 heterocycles. The SMILES string of the molecule is CCNC(C(CC)CC)C1COc2ccccc2C1. The van der Waals surface area contributed by atoms with Crippen LogP contribution in [0.25, 0.3) is 0 Å². The number of fused-ring (bicyclic) bond motifs is 1. The zero-order chi connectivity index (χ0) is 13.7. The smallest absolute Gasteiger partial charge is 0.122 e. The highest BCUT2D eigenvalue weighted by Gasteiger charge is 2.30. The molecule has 1 N–H and O–H groups in total. The second-order valence-corrected chi connectivity index (χ2v) is 5.54. The molecule has 0 bridgehead atoms. The van der Waals surface area contributed by atoms with E-state index in [4.69, 9.17) is 4.74 Å². The number of ether oxygens (including phenoxy) is 1. The van der Waals surface area contributed by atoms with Crippen LogP contribution >= 0.6 is 0 Å². The van der Waals surface area contributed by atoms with Crippen molar-refractivity contribution in [2.24, 2.45) is 11.8 Å². The van der Waals surface area contributed by atoms with Gasteiger partial charge >= 0.3 is 0 Å². The lowest BCUT2D eigenvalue weighted by molar-refractivity contribution is 0.149. The predicted octanol–water partition coefficient (Wildman–Crippen LogP) is 3.65. The van der Waals surface area contributed by atoms with Gasteiger partial charge < -0.3 is 10.1 Å². The lowest BCUT2D eigenvalue weighted by atomic mass is 9.81. The van der Waals surface area contributed by atoms with Crippen molar-refractivity contribution in [3.05, 3.63) is 29.8 Å². The van der Waals surface area contributed by atoms with Crippen LogP contribution in [0, 0.1) is 11.8 Å². The molecule has 1 aliphatic rings. The molecule has 2 heteroatoms. The predicted molar refractivity (Wildman–Crippen MR) is 80.7 cm³/mol. The summed E-state index contributed by atoms with van der Waals surface area (Å²) in [6.07, 6.45) is 3.63. The van der Waals surface area contributed by atoms with E-state index in [0.29, 0.717) is 12.0 Å². The molecule has 0 saturated carbocycles. The Kier molecular flexibility index (Phi) is 5.26. The van der Waals surface area contributed by atoms with Crippen molar-refractivity contribution >= 4 is 0 Å². The molecule has 1 aromatic rings. The van der Waals surface area contributed by atoms with Crippen molar-refractivity contribution in [2.75, 3.05) is 13.2 Å². The van der Waals surface area contributed by atoms with E-state index in [2.05, 4.69) is 50.4 Å². The first-order valence-electron chi connectivity index (χ1n) is 7.74. The fraction of sp³-hybridized carbons (Fsp3) is 0.647. The Bertz CT molecular complexity index is 387. The van der Waals surface area contributed by atoms with Gasteiger partial charge in [-0.3, -0.25) is 0 Å². The van der Waals surface area contributed by atoms with E-state index in [-0.39, 0.29) is 0 Å². The molecule has 106 valence electrons. The highest BCUT2D eigenvalue weighted by atomic mass is 16.5. The maximum absolute atomic E-state index is 5.96. The molecule has 2 nitrogen and oxygen atoms in total. The summed E-state index contributed by atoms with van der Waals surface area (Å²) in [4.78, 5) is 0. The number of hydrogen-bond donors (Lipinski definition) is 1. The summed E-state index contributed by atoms with van der Waals surface area (Å²) in [6, 6.07) is 9.04. The van der Waals surface area contributed by atoms with E-state index in [1.54, 1.807) is 0 Å². The van der Waals surface area contributed by atoms with Crippen LogP contribution in [-0.2, 0) is 6.42 Å². The number of nitrogens with one attached hydrogen (secondary N) is 1. The molecule has 0 radical (unpaired) electrons. The quantitative estimate of drug-likeness (QED) is 0.844. The summed E-state index contributed by atoms with van der Waals surface area (Å²) in [5, 5.41) is 3.71. The van der Waals surface area contributed by atoms with Crippen molar-refractivity contribution in [1.29, 1.82) is 0 Å². The fourth-order valence-electron chi connectivity index (χ4n) is 3.33. The summed E-state index contributed by atoms with van der Waals surface area (Å²) < 4.78 is 5.96. The van der Waals surface area contributed by atoms with Gasteiger partial charge in [0, 0.05) is 12.0 Å². The van der Waals surface area contributed by atoms with Gasteiger partial charge in [-0.2, -0.15) is 0 Å². The molecule has 0 amide bonds. The largest absolute Gasteiger partial charge is 0.493 e. The molecule has 2 rings (SSSR count). The Morgan fingerprint density at radius 2 is 1.95 bits per heavy atom. The first kappa shape index (κ1) is 14.4. The summed E-state index contributed by atoms with van der Waals surface area (Å²) in [6.45, 7) is 8.70. The Labute approximate surface area is 117 Å². The molecule has 19 heavy (non-hydrogen) atoms. The van der Waals surface area contributed by atoms with Gasteiger partial charge in [-0.25, -0.2) is 0 Å². The van der Waals surface area contributed by atoms with Crippen LogP contribution in [0.4, 0.5) is 0 Å². The average molecular weight is 261 g/mol. The van der Waals surface area contributed by atoms with Gasteiger partial charge in [-0.1, -0.05) is 51.8 Å². The van der Waals surface area contributed by atoms with Crippen molar-refractivity contribution in [3.63, 3.8) is 0 Å². The summed E-state index contributed by atoms with van der Waals surface area (Å²) >= 11 is 0. The van der Waals surface area contributed by atoms with Gasteiger partial charge in [0.2, 0.25) is 0 Å². The maximum Gasteiger partial charge on any atom is 0.122 e. The topological polar surface area (TPSA) is 21.3 Å². The van der Waals surface area contributed by atoms with Crippen molar-refractivity contribution in [3.8, 4) is 5.75 Å². The molecular formula is C17H27NO. The van der Waals surface area contributed by atoms with Gasteiger partial charge in [0.25, 0.3) is 0 Å². The van der Waals surface area contributed by atoms with E-state index >= 15 is 0 Å². The monoisotopic (exact) mass is 261 g/mol. The van der Waals surface area contributed by atoms with Crippen LogP contribution < -0.4 is 10.1 Å². The van der Waals surface area contributed by atoms with E-state index in [1.807, 2.05) is 0 Å². The molecular weight excluding hydrogens is 234 g/mol. The molecule has 2 atom stereocenters. The molecule has 1 aromatic carbocycles. The molecule has 1 aliphatic heterocycles. The van der Waals surface area contributed by atoms with Gasteiger partial charge in [0.15, 0.2) is 0 Å². The Morgan fingerprint density at radius 1 is 1.21 bits per heavy atom. The Morgan fingerprint density at radius 3 is 2.63 bits per heavy atom. The summed E-state index contributed by atoms with van der Waals surface area (Å²) in [7, 11) is 0. The minimum absolute atomic E-state index is 0.577. The van der Waals surface area contributed by atoms with Crippen LogP contribution in [0.3, 0.4) is 0 Å². The van der Waals surface area contributed by atoms with Crippen LogP contribution in [0.5, 0.6) is 5.75 Å². The first-order valence-corrected chi connectivity index (χ1v) is 7.74. The molecule has 0 aromatic heterocycles. The minimum Gasteiger partial charge on any atom is -0.493 e. The maximum atomic E-state index is 5.96.